The summed E-state index contributed by atoms with van der Waals surface area (Å²) in [4.78, 5) is 12.1. The molecule has 1 atom stereocenters. The van der Waals surface area contributed by atoms with Crippen LogP contribution in [-0.2, 0) is 9.53 Å². The van der Waals surface area contributed by atoms with E-state index in [-0.39, 0.29) is 12.7 Å². The van der Waals surface area contributed by atoms with Crippen molar-refractivity contribution in [2.45, 2.75) is 25.4 Å². The van der Waals surface area contributed by atoms with Gasteiger partial charge in [-0.1, -0.05) is 0 Å². The zero-order valence-corrected chi connectivity index (χ0v) is 10.5. The number of ether oxygens (including phenoxy) is 3. The Morgan fingerprint density at radius 2 is 2.05 bits per heavy atom. The van der Waals surface area contributed by atoms with Gasteiger partial charge < -0.3 is 25.3 Å². The molecule has 3 N–H and O–H groups in total. The van der Waals surface area contributed by atoms with E-state index in [9.17, 15) is 4.79 Å². The number of carbonyl (C=O) groups excluding carboxylic acids is 1. The number of nitrogens with one attached hydrogen (secondary N) is 1. The van der Waals surface area contributed by atoms with Crippen LogP contribution in [0.15, 0.2) is 12.1 Å². The molecule has 1 amide bonds. The number of hydrogen-bond acceptors (Lipinski definition) is 5. The molecule has 1 saturated heterocycles. The van der Waals surface area contributed by atoms with Crippen LogP contribution < -0.4 is 20.5 Å². The number of fused-ring (bicyclic) bond motifs is 1. The van der Waals surface area contributed by atoms with Crippen LogP contribution in [0, 0.1) is 0 Å². The minimum absolute atomic E-state index is 0.162. The summed E-state index contributed by atoms with van der Waals surface area (Å²) < 4.78 is 15.9. The fraction of sp³-hybridized carbons (Fsp3) is 0.462. The monoisotopic (exact) mass is 264 g/mol. The van der Waals surface area contributed by atoms with Gasteiger partial charge in [-0.25, -0.2) is 0 Å². The Morgan fingerprint density at radius 3 is 2.79 bits per heavy atom. The summed E-state index contributed by atoms with van der Waals surface area (Å²) in [6.07, 6.45) is 2.37. The van der Waals surface area contributed by atoms with E-state index in [0.29, 0.717) is 29.5 Å². The Bertz CT molecular complexity index is 498. The van der Waals surface area contributed by atoms with Gasteiger partial charge in [-0.2, -0.15) is 0 Å². The van der Waals surface area contributed by atoms with Crippen molar-refractivity contribution in [3.8, 4) is 11.5 Å². The molecule has 0 aromatic heterocycles. The lowest BCUT2D eigenvalue weighted by Gasteiger charge is -2.22. The largest absolute Gasteiger partial charge is 0.454 e. The molecular formula is C13H16N2O4. The average Bonchev–Trinajstić information content (AvgIpc) is 2.87. The van der Waals surface area contributed by atoms with E-state index in [1.165, 1.54) is 0 Å². The molecule has 0 spiro atoms. The van der Waals surface area contributed by atoms with Crippen molar-refractivity contribution in [2.24, 2.45) is 0 Å². The number of nitrogens with two attached hydrogens (primary N) is 1. The lowest BCUT2D eigenvalue weighted by Crippen LogP contribution is -2.33. The van der Waals surface area contributed by atoms with Gasteiger partial charge in [0, 0.05) is 18.7 Å². The molecule has 2 aliphatic heterocycles. The Balaban J connectivity index is 1.74. The van der Waals surface area contributed by atoms with Gasteiger partial charge >= 0.3 is 0 Å². The van der Waals surface area contributed by atoms with Crippen molar-refractivity contribution in [1.82, 2.24) is 0 Å². The minimum Gasteiger partial charge on any atom is -0.454 e. The Labute approximate surface area is 110 Å². The van der Waals surface area contributed by atoms with Gasteiger partial charge in [-0.05, 0) is 19.3 Å². The number of carbonyl (C=O) groups is 1. The fourth-order valence-corrected chi connectivity index (χ4v) is 2.23. The van der Waals surface area contributed by atoms with Gasteiger partial charge in [-0.15, -0.1) is 0 Å². The number of benzene rings is 1. The highest BCUT2D eigenvalue weighted by Gasteiger charge is 2.24. The molecule has 6 nitrogen and oxygen atoms in total. The molecule has 6 heteroatoms. The molecule has 1 aromatic carbocycles. The molecule has 1 fully saturated rings. The van der Waals surface area contributed by atoms with Gasteiger partial charge in [-0.3, -0.25) is 4.79 Å². The van der Waals surface area contributed by atoms with Crippen LogP contribution in [0.1, 0.15) is 19.3 Å². The first-order valence-electron chi connectivity index (χ1n) is 6.35. The molecule has 1 unspecified atom stereocenters. The van der Waals surface area contributed by atoms with E-state index in [1.807, 2.05) is 0 Å². The summed E-state index contributed by atoms with van der Waals surface area (Å²) in [6.45, 7) is 0.812. The Morgan fingerprint density at radius 1 is 1.26 bits per heavy atom. The first-order chi connectivity index (χ1) is 9.24. The molecule has 0 radical (unpaired) electrons. The van der Waals surface area contributed by atoms with Crippen LogP contribution in [0.2, 0.25) is 0 Å². The van der Waals surface area contributed by atoms with E-state index in [4.69, 9.17) is 19.9 Å². The topological polar surface area (TPSA) is 82.8 Å². The van der Waals surface area contributed by atoms with E-state index < -0.39 is 6.10 Å². The molecule has 2 aliphatic rings. The number of anilines is 2. The maximum absolute atomic E-state index is 12.1. The summed E-state index contributed by atoms with van der Waals surface area (Å²) in [6, 6.07) is 3.33. The van der Waals surface area contributed by atoms with Crippen LogP contribution in [-0.4, -0.2) is 25.4 Å². The molecule has 2 heterocycles. The van der Waals surface area contributed by atoms with Crippen LogP contribution in [0.4, 0.5) is 11.4 Å². The number of nitrogen functional groups attached to an aromatic ring is 1. The standard InChI is InChI=1S/C13H16N2O4/c14-8-5-11-12(19-7-18-11)6-9(8)15-13(16)10-3-1-2-4-17-10/h5-6,10H,1-4,7,14H2,(H,15,16). The molecule has 0 aliphatic carbocycles. The van der Waals surface area contributed by atoms with E-state index in [2.05, 4.69) is 5.32 Å². The number of hydrogen-bond donors (Lipinski definition) is 2. The highest BCUT2D eigenvalue weighted by atomic mass is 16.7. The first-order valence-corrected chi connectivity index (χ1v) is 6.35. The molecule has 3 rings (SSSR count). The van der Waals surface area contributed by atoms with Gasteiger partial charge in [0.05, 0.1) is 11.4 Å². The molecule has 102 valence electrons. The Kier molecular flexibility index (Phi) is 3.16. The zero-order valence-electron chi connectivity index (χ0n) is 10.5. The Hall–Kier alpha value is -1.95. The highest BCUT2D eigenvalue weighted by Crippen LogP contribution is 2.38. The smallest absolute Gasteiger partial charge is 0.253 e. The van der Waals surface area contributed by atoms with Crippen molar-refractivity contribution in [2.75, 3.05) is 24.5 Å². The second-order valence-corrected chi connectivity index (χ2v) is 4.64. The van der Waals surface area contributed by atoms with Crippen molar-refractivity contribution in [3.63, 3.8) is 0 Å². The molecular weight excluding hydrogens is 248 g/mol. The van der Waals surface area contributed by atoms with Gasteiger partial charge in [0.25, 0.3) is 5.91 Å². The normalized spacial score (nSPS) is 21.2. The molecule has 19 heavy (non-hydrogen) atoms. The van der Waals surface area contributed by atoms with E-state index in [0.717, 1.165) is 19.3 Å². The van der Waals surface area contributed by atoms with Gasteiger partial charge in [0.15, 0.2) is 11.5 Å². The van der Waals surface area contributed by atoms with Crippen LogP contribution in [0.5, 0.6) is 11.5 Å². The second-order valence-electron chi connectivity index (χ2n) is 4.64. The number of amides is 1. The summed E-state index contributed by atoms with van der Waals surface area (Å²) in [7, 11) is 0. The van der Waals surface area contributed by atoms with Crippen molar-refractivity contribution in [3.05, 3.63) is 12.1 Å². The number of rotatable bonds is 2. The second kappa shape index (κ2) is 4.97. The van der Waals surface area contributed by atoms with E-state index in [1.54, 1.807) is 12.1 Å². The third-order valence-electron chi connectivity index (χ3n) is 3.27. The van der Waals surface area contributed by atoms with Crippen LogP contribution in [0.3, 0.4) is 0 Å². The maximum Gasteiger partial charge on any atom is 0.253 e. The SMILES string of the molecule is Nc1cc2c(cc1NC(=O)C1CCCCO1)OCO2. The van der Waals surface area contributed by atoms with E-state index >= 15 is 0 Å². The third-order valence-corrected chi connectivity index (χ3v) is 3.27. The molecule has 1 aromatic rings. The summed E-state index contributed by atoms with van der Waals surface area (Å²) in [5.41, 5.74) is 6.86. The summed E-state index contributed by atoms with van der Waals surface area (Å²) in [5, 5.41) is 2.79. The van der Waals surface area contributed by atoms with Crippen molar-refractivity contribution >= 4 is 17.3 Å². The average molecular weight is 264 g/mol. The highest BCUT2D eigenvalue weighted by molar-refractivity contribution is 5.97. The quantitative estimate of drug-likeness (QED) is 0.791. The van der Waals surface area contributed by atoms with Crippen LogP contribution in [0.25, 0.3) is 0 Å². The van der Waals surface area contributed by atoms with Crippen molar-refractivity contribution in [1.29, 1.82) is 0 Å². The van der Waals surface area contributed by atoms with Crippen molar-refractivity contribution < 1.29 is 19.0 Å². The van der Waals surface area contributed by atoms with Gasteiger partial charge in [0.2, 0.25) is 6.79 Å². The minimum atomic E-state index is -0.390. The zero-order chi connectivity index (χ0) is 13.2. The molecule has 0 saturated carbocycles. The fourth-order valence-electron chi connectivity index (χ4n) is 2.23. The maximum atomic E-state index is 12.1. The lowest BCUT2D eigenvalue weighted by atomic mass is 10.1. The summed E-state index contributed by atoms with van der Waals surface area (Å²) in [5.74, 6) is 1.03. The lowest BCUT2D eigenvalue weighted by molar-refractivity contribution is -0.129. The predicted molar refractivity (Wildman–Crippen MR) is 69.2 cm³/mol. The van der Waals surface area contributed by atoms with Crippen LogP contribution >= 0.6 is 0 Å². The van der Waals surface area contributed by atoms with Gasteiger partial charge in [0.1, 0.15) is 6.10 Å². The summed E-state index contributed by atoms with van der Waals surface area (Å²) >= 11 is 0. The predicted octanol–water partition coefficient (Wildman–Crippen LogP) is 1.51. The molecule has 0 bridgehead atoms. The first kappa shape index (κ1) is 12.1. The third kappa shape index (κ3) is 2.44.